The van der Waals surface area contributed by atoms with Gasteiger partial charge < -0.3 is 15.2 Å². The molecule has 0 spiro atoms. The molecule has 0 saturated heterocycles. The van der Waals surface area contributed by atoms with Crippen LogP contribution < -0.4 is 10.6 Å². The van der Waals surface area contributed by atoms with E-state index in [2.05, 4.69) is 52.0 Å². The van der Waals surface area contributed by atoms with Crippen molar-refractivity contribution in [1.29, 1.82) is 0 Å². The monoisotopic (exact) mass is 258 g/mol. The van der Waals surface area contributed by atoms with Gasteiger partial charge in [-0.1, -0.05) is 35.0 Å². The molecule has 2 aromatic rings. The summed E-state index contributed by atoms with van der Waals surface area (Å²) in [7, 11) is 1.74. The van der Waals surface area contributed by atoms with Gasteiger partial charge in [-0.15, -0.1) is 0 Å². The van der Waals surface area contributed by atoms with E-state index in [1.165, 1.54) is 11.1 Å². The first-order valence-corrected chi connectivity index (χ1v) is 6.17. The van der Waals surface area contributed by atoms with Crippen molar-refractivity contribution in [1.82, 2.24) is 15.8 Å². The molecule has 2 N–H and O–H groups in total. The summed E-state index contributed by atoms with van der Waals surface area (Å²) in [5, 5.41) is 10.2. The molecule has 0 radical (unpaired) electrons. The first kappa shape index (κ1) is 13.1. The highest BCUT2D eigenvalue weighted by Crippen LogP contribution is 2.02. The van der Waals surface area contributed by atoms with Crippen molar-refractivity contribution < 1.29 is 4.52 Å². The molecule has 0 unspecified atom stereocenters. The van der Waals surface area contributed by atoms with Crippen molar-refractivity contribution in [3.8, 4) is 0 Å². The lowest BCUT2D eigenvalue weighted by atomic mass is 10.1. The Morgan fingerprint density at radius 3 is 2.53 bits per heavy atom. The van der Waals surface area contributed by atoms with Crippen LogP contribution in [0, 0.1) is 6.92 Å². The van der Waals surface area contributed by atoms with Crippen molar-refractivity contribution in [2.75, 3.05) is 7.05 Å². The minimum atomic E-state index is 0.587. The number of aromatic nitrogens is 1. The predicted molar refractivity (Wildman–Crippen MR) is 74.7 cm³/mol. The number of nitrogens with one attached hydrogen (secondary N) is 2. The van der Waals surface area contributed by atoms with E-state index >= 15 is 0 Å². The lowest BCUT2D eigenvalue weighted by molar-refractivity contribution is 0.410. The second kappa shape index (κ2) is 6.58. The van der Waals surface area contributed by atoms with Crippen molar-refractivity contribution in [3.63, 3.8) is 0 Å². The lowest BCUT2D eigenvalue weighted by Crippen LogP contribution is -2.36. The fraction of sp³-hybridized carbons (Fsp3) is 0.286. The van der Waals surface area contributed by atoms with Crippen LogP contribution in [0.25, 0.3) is 0 Å². The first-order chi connectivity index (χ1) is 9.28. The zero-order valence-corrected chi connectivity index (χ0v) is 11.2. The van der Waals surface area contributed by atoms with E-state index in [0.29, 0.717) is 6.54 Å². The van der Waals surface area contributed by atoms with Gasteiger partial charge in [0.1, 0.15) is 12.0 Å². The molecule has 1 aromatic heterocycles. The molecular formula is C14H18N4O. The first-order valence-electron chi connectivity index (χ1n) is 6.17. The molecule has 100 valence electrons. The van der Waals surface area contributed by atoms with Crippen LogP contribution in [0.15, 0.2) is 46.1 Å². The van der Waals surface area contributed by atoms with E-state index in [-0.39, 0.29) is 0 Å². The highest BCUT2D eigenvalue weighted by atomic mass is 16.5. The summed E-state index contributed by atoms with van der Waals surface area (Å²) in [4.78, 5) is 4.16. The van der Waals surface area contributed by atoms with E-state index in [1.807, 2.05) is 6.07 Å². The van der Waals surface area contributed by atoms with Gasteiger partial charge in [-0.2, -0.15) is 0 Å². The second-order valence-corrected chi connectivity index (χ2v) is 4.26. The molecule has 0 bridgehead atoms. The Balaban J connectivity index is 1.81. The summed E-state index contributed by atoms with van der Waals surface area (Å²) >= 11 is 0. The van der Waals surface area contributed by atoms with E-state index < -0.39 is 0 Å². The van der Waals surface area contributed by atoms with Crippen LogP contribution in [-0.4, -0.2) is 18.2 Å². The Labute approximate surface area is 112 Å². The number of hydrogen-bond acceptors (Lipinski definition) is 3. The molecule has 19 heavy (non-hydrogen) atoms. The maximum Gasteiger partial charge on any atom is 0.191 e. The van der Waals surface area contributed by atoms with Crippen molar-refractivity contribution in [2.45, 2.75) is 20.0 Å². The highest BCUT2D eigenvalue weighted by Gasteiger charge is 2.00. The van der Waals surface area contributed by atoms with Gasteiger partial charge in [-0.25, -0.2) is 0 Å². The predicted octanol–water partition coefficient (Wildman–Crippen LogP) is 1.85. The topological polar surface area (TPSA) is 62.5 Å². The van der Waals surface area contributed by atoms with Crippen molar-refractivity contribution in [3.05, 3.63) is 53.4 Å². The molecule has 5 heteroatoms. The number of nitrogens with zero attached hydrogens (tertiary/aromatic N) is 2. The summed E-state index contributed by atoms with van der Waals surface area (Å²) in [6.07, 6.45) is 1.56. The quantitative estimate of drug-likeness (QED) is 0.649. The Bertz CT molecular complexity index is 517. The molecule has 2 rings (SSSR count). The molecule has 0 aliphatic heterocycles. The van der Waals surface area contributed by atoms with Gasteiger partial charge in [-0.05, 0) is 12.5 Å². The van der Waals surface area contributed by atoms with Crippen LogP contribution in [0.3, 0.4) is 0 Å². The number of hydrogen-bond donors (Lipinski definition) is 2. The molecule has 1 aromatic carbocycles. The molecule has 0 fully saturated rings. The summed E-state index contributed by atoms with van der Waals surface area (Å²) in [5.74, 6) is 0.739. The van der Waals surface area contributed by atoms with Crippen LogP contribution >= 0.6 is 0 Å². The smallest absolute Gasteiger partial charge is 0.191 e. The zero-order valence-electron chi connectivity index (χ0n) is 11.2. The van der Waals surface area contributed by atoms with Crippen LogP contribution in [0.4, 0.5) is 0 Å². The summed E-state index contributed by atoms with van der Waals surface area (Å²) in [6.45, 7) is 3.40. The Hall–Kier alpha value is -2.30. The van der Waals surface area contributed by atoms with Crippen LogP contribution in [-0.2, 0) is 13.1 Å². The molecular weight excluding hydrogens is 240 g/mol. The normalized spacial score (nSPS) is 11.4. The molecule has 0 aliphatic rings. The number of aliphatic imine (C=N–C) groups is 1. The van der Waals surface area contributed by atoms with Gasteiger partial charge >= 0.3 is 0 Å². The number of aryl methyl sites for hydroxylation is 1. The Morgan fingerprint density at radius 1 is 1.16 bits per heavy atom. The van der Waals surface area contributed by atoms with Gasteiger partial charge in [0.25, 0.3) is 0 Å². The third-order valence-corrected chi connectivity index (χ3v) is 2.73. The Kier molecular flexibility index (Phi) is 4.55. The standard InChI is InChI=1S/C14H18N4O/c1-11-3-5-12(6-4-11)9-16-14(15-2)17-10-13-7-8-19-18-13/h3-8H,9-10H2,1-2H3,(H2,15,16,17). The van der Waals surface area contributed by atoms with Gasteiger partial charge in [0.15, 0.2) is 5.96 Å². The molecule has 0 saturated carbocycles. The summed E-state index contributed by atoms with van der Waals surface area (Å²) in [6, 6.07) is 10.2. The number of benzene rings is 1. The van der Waals surface area contributed by atoms with E-state index in [1.54, 1.807) is 13.3 Å². The van der Waals surface area contributed by atoms with Gasteiger partial charge in [0.05, 0.1) is 6.54 Å². The maximum atomic E-state index is 4.77. The van der Waals surface area contributed by atoms with Crippen LogP contribution in [0.1, 0.15) is 16.8 Å². The van der Waals surface area contributed by atoms with Gasteiger partial charge in [0.2, 0.25) is 0 Å². The molecule has 0 amide bonds. The van der Waals surface area contributed by atoms with Crippen LogP contribution in [0.2, 0.25) is 0 Å². The lowest BCUT2D eigenvalue weighted by Gasteiger charge is -2.10. The summed E-state index contributed by atoms with van der Waals surface area (Å²) in [5.41, 5.74) is 3.32. The molecule has 0 aliphatic carbocycles. The van der Waals surface area contributed by atoms with Crippen molar-refractivity contribution in [2.24, 2.45) is 4.99 Å². The van der Waals surface area contributed by atoms with E-state index in [9.17, 15) is 0 Å². The maximum absolute atomic E-state index is 4.77. The SMILES string of the molecule is CN=C(NCc1ccc(C)cc1)NCc1ccon1. The average Bonchev–Trinajstić information content (AvgIpc) is 2.94. The average molecular weight is 258 g/mol. The van der Waals surface area contributed by atoms with E-state index in [0.717, 1.165) is 18.2 Å². The van der Waals surface area contributed by atoms with Crippen molar-refractivity contribution >= 4 is 5.96 Å². The third-order valence-electron chi connectivity index (χ3n) is 2.73. The number of guanidine groups is 1. The fourth-order valence-electron chi connectivity index (χ4n) is 1.62. The van der Waals surface area contributed by atoms with Crippen LogP contribution in [0.5, 0.6) is 0 Å². The minimum Gasteiger partial charge on any atom is -0.364 e. The largest absolute Gasteiger partial charge is 0.364 e. The second-order valence-electron chi connectivity index (χ2n) is 4.26. The molecule has 5 nitrogen and oxygen atoms in total. The zero-order chi connectivity index (χ0) is 13.5. The molecule has 0 atom stereocenters. The molecule has 1 heterocycles. The minimum absolute atomic E-state index is 0.587. The highest BCUT2D eigenvalue weighted by molar-refractivity contribution is 5.79. The fourth-order valence-corrected chi connectivity index (χ4v) is 1.62. The van der Waals surface area contributed by atoms with Gasteiger partial charge in [0, 0.05) is 19.7 Å². The van der Waals surface area contributed by atoms with E-state index in [4.69, 9.17) is 4.52 Å². The number of rotatable bonds is 4. The Morgan fingerprint density at radius 2 is 1.89 bits per heavy atom. The third kappa shape index (κ3) is 4.13. The summed E-state index contributed by atoms with van der Waals surface area (Å²) < 4.78 is 4.77. The van der Waals surface area contributed by atoms with Gasteiger partial charge in [-0.3, -0.25) is 4.99 Å².